The quantitative estimate of drug-likeness (QED) is 0.841. The summed E-state index contributed by atoms with van der Waals surface area (Å²) in [6.07, 6.45) is 5.11. The van der Waals surface area contributed by atoms with Gasteiger partial charge < -0.3 is 5.32 Å². The third-order valence-corrected chi connectivity index (χ3v) is 2.11. The van der Waals surface area contributed by atoms with E-state index in [2.05, 4.69) is 21.4 Å². The van der Waals surface area contributed by atoms with Gasteiger partial charge in [0, 0.05) is 25.1 Å². The van der Waals surface area contributed by atoms with Gasteiger partial charge in [-0.2, -0.15) is 5.26 Å². The lowest BCUT2D eigenvalue weighted by Gasteiger charge is -2.04. The Labute approximate surface area is 93.6 Å². The Hall–Kier alpha value is -2.41. The molecule has 4 nitrogen and oxygen atoms in total. The standard InChI is InChI=1S/C12H10N4/c13-8-11-3-6-15-12(7-11)16-9-10-1-4-14-5-2-10/h1-7H,9H2,(H,15,16). The van der Waals surface area contributed by atoms with Crippen LogP contribution in [-0.2, 0) is 6.54 Å². The molecular formula is C12H10N4. The highest BCUT2D eigenvalue weighted by Crippen LogP contribution is 2.07. The Morgan fingerprint density at radius 1 is 1.19 bits per heavy atom. The van der Waals surface area contributed by atoms with Gasteiger partial charge >= 0.3 is 0 Å². The highest BCUT2D eigenvalue weighted by Gasteiger charge is 1.96. The molecule has 4 heteroatoms. The fraction of sp³-hybridized carbons (Fsp3) is 0.0833. The van der Waals surface area contributed by atoms with E-state index in [4.69, 9.17) is 5.26 Å². The van der Waals surface area contributed by atoms with Crippen LogP contribution in [-0.4, -0.2) is 9.97 Å². The third-order valence-electron chi connectivity index (χ3n) is 2.11. The van der Waals surface area contributed by atoms with Crippen molar-refractivity contribution in [2.75, 3.05) is 5.32 Å². The van der Waals surface area contributed by atoms with E-state index < -0.39 is 0 Å². The summed E-state index contributed by atoms with van der Waals surface area (Å²) in [7, 11) is 0. The van der Waals surface area contributed by atoms with Gasteiger partial charge in [0.25, 0.3) is 0 Å². The SMILES string of the molecule is N#Cc1ccnc(NCc2ccncc2)c1. The Morgan fingerprint density at radius 2 is 2.00 bits per heavy atom. The number of pyridine rings is 2. The number of nitriles is 1. The zero-order valence-electron chi connectivity index (χ0n) is 8.59. The van der Waals surface area contributed by atoms with Crippen molar-refractivity contribution >= 4 is 5.82 Å². The van der Waals surface area contributed by atoms with E-state index >= 15 is 0 Å². The molecule has 78 valence electrons. The second kappa shape index (κ2) is 4.89. The predicted octanol–water partition coefficient (Wildman–Crippen LogP) is 1.96. The van der Waals surface area contributed by atoms with Crippen molar-refractivity contribution in [3.8, 4) is 6.07 Å². The summed E-state index contributed by atoms with van der Waals surface area (Å²) in [6, 6.07) is 9.34. The first-order chi connectivity index (χ1) is 7.88. The van der Waals surface area contributed by atoms with Crippen LogP contribution in [0.2, 0.25) is 0 Å². The normalized spacial score (nSPS) is 9.44. The zero-order chi connectivity index (χ0) is 11.2. The van der Waals surface area contributed by atoms with E-state index in [1.165, 1.54) is 0 Å². The lowest BCUT2D eigenvalue weighted by Crippen LogP contribution is -2.01. The van der Waals surface area contributed by atoms with E-state index in [1.54, 1.807) is 30.7 Å². The summed E-state index contributed by atoms with van der Waals surface area (Å²) in [5, 5.41) is 11.9. The number of hydrogen-bond acceptors (Lipinski definition) is 4. The first-order valence-corrected chi connectivity index (χ1v) is 4.87. The molecule has 0 bridgehead atoms. The van der Waals surface area contributed by atoms with Gasteiger partial charge in [-0.05, 0) is 29.8 Å². The van der Waals surface area contributed by atoms with E-state index in [0.29, 0.717) is 17.9 Å². The minimum absolute atomic E-state index is 0.604. The van der Waals surface area contributed by atoms with Crippen molar-refractivity contribution in [2.45, 2.75) is 6.54 Å². The highest BCUT2D eigenvalue weighted by atomic mass is 15.0. The van der Waals surface area contributed by atoms with Gasteiger partial charge in [0.2, 0.25) is 0 Å². The monoisotopic (exact) mass is 210 g/mol. The summed E-state index contributed by atoms with van der Waals surface area (Å²) in [4.78, 5) is 8.07. The molecule has 2 heterocycles. The maximum atomic E-state index is 8.73. The fourth-order valence-electron chi connectivity index (χ4n) is 1.29. The molecule has 0 radical (unpaired) electrons. The summed E-state index contributed by atoms with van der Waals surface area (Å²) in [6.45, 7) is 0.671. The summed E-state index contributed by atoms with van der Waals surface area (Å²) < 4.78 is 0. The first-order valence-electron chi connectivity index (χ1n) is 4.87. The van der Waals surface area contributed by atoms with Gasteiger partial charge in [0.1, 0.15) is 5.82 Å². The molecule has 0 amide bonds. The smallest absolute Gasteiger partial charge is 0.127 e. The molecule has 16 heavy (non-hydrogen) atoms. The van der Waals surface area contributed by atoms with Gasteiger partial charge in [0.15, 0.2) is 0 Å². The van der Waals surface area contributed by atoms with Crippen LogP contribution in [0.3, 0.4) is 0 Å². The minimum Gasteiger partial charge on any atom is -0.366 e. The average Bonchev–Trinajstić information content (AvgIpc) is 2.38. The number of aromatic nitrogens is 2. The van der Waals surface area contributed by atoms with Crippen LogP contribution in [0.4, 0.5) is 5.82 Å². The molecular weight excluding hydrogens is 200 g/mol. The Morgan fingerprint density at radius 3 is 2.75 bits per heavy atom. The van der Waals surface area contributed by atoms with Crippen molar-refractivity contribution in [3.63, 3.8) is 0 Å². The number of nitrogens with one attached hydrogen (secondary N) is 1. The van der Waals surface area contributed by atoms with Crippen LogP contribution in [0.5, 0.6) is 0 Å². The summed E-state index contributed by atoms with van der Waals surface area (Å²) >= 11 is 0. The van der Waals surface area contributed by atoms with Crippen molar-refractivity contribution < 1.29 is 0 Å². The van der Waals surface area contributed by atoms with Gasteiger partial charge in [-0.1, -0.05) is 0 Å². The molecule has 1 N–H and O–H groups in total. The van der Waals surface area contributed by atoms with Gasteiger partial charge in [-0.3, -0.25) is 4.98 Å². The Balaban J connectivity index is 2.03. The second-order valence-corrected chi connectivity index (χ2v) is 3.25. The lowest BCUT2D eigenvalue weighted by atomic mass is 10.2. The molecule has 0 fully saturated rings. The molecule has 0 atom stereocenters. The topological polar surface area (TPSA) is 61.6 Å². The van der Waals surface area contributed by atoms with Crippen LogP contribution in [0.25, 0.3) is 0 Å². The molecule has 2 aromatic rings. The summed E-state index contributed by atoms with van der Waals surface area (Å²) in [5.41, 5.74) is 1.73. The molecule has 0 aliphatic heterocycles. The van der Waals surface area contributed by atoms with Gasteiger partial charge in [-0.25, -0.2) is 4.98 Å². The average molecular weight is 210 g/mol. The van der Waals surface area contributed by atoms with Crippen molar-refractivity contribution in [2.24, 2.45) is 0 Å². The van der Waals surface area contributed by atoms with E-state index in [1.807, 2.05) is 12.1 Å². The minimum atomic E-state index is 0.604. The molecule has 2 aromatic heterocycles. The zero-order valence-corrected chi connectivity index (χ0v) is 8.59. The lowest BCUT2D eigenvalue weighted by molar-refractivity contribution is 1.10. The van der Waals surface area contributed by atoms with Crippen LogP contribution < -0.4 is 5.32 Å². The second-order valence-electron chi connectivity index (χ2n) is 3.25. The van der Waals surface area contributed by atoms with Gasteiger partial charge in [-0.15, -0.1) is 0 Å². The largest absolute Gasteiger partial charge is 0.366 e. The molecule has 0 aromatic carbocycles. The number of nitrogens with zero attached hydrogens (tertiary/aromatic N) is 3. The molecule has 0 saturated carbocycles. The molecule has 0 unspecified atom stereocenters. The van der Waals surface area contributed by atoms with Crippen LogP contribution in [0, 0.1) is 11.3 Å². The molecule has 2 rings (SSSR count). The van der Waals surface area contributed by atoms with Crippen molar-refractivity contribution in [3.05, 3.63) is 54.0 Å². The van der Waals surface area contributed by atoms with Crippen molar-refractivity contribution in [1.82, 2.24) is 9.97 Å². The first kappa shape index (κ1) is 10.1. The molecule has 0 aliphatic rings. The highest BCUT2D eigenvalue weighted by molar-refractivity contribution is 5.42. The van der Waals surface area contributed by atoms with E-state index in [0.717, 1.165) is 5.56 Å². The number of anilines is 1. The number of hydrogen-bond donors (Lipinski definition) is 1. The Kier molecular flexibility index (Phi) is 3.10. The van der Waals surface area contributed by atoms with Crippen LogP contribution >= 0.6 is 0 Å². The van der Waals surface area contributed by atoms with E-state index in [9.17, 15) is 0 Å². The predicted molar refractivity (Wildman–Crippen MR) is 60.5 cm³/mol. The summed E-state index contributed by atoms with van der Waals surface area (Å²) in [5.74, 6) is 0.705. The maximum Gasteiger partial charge on any atom is 0.127 e. The fourth-order valence-corrected chi connectivity index (χ4v) is 1.29. The van der Waals surface area contributed by atoms with Gasteiger partial charge in [0.05, 0.1) is 11.6 Å². The van der Waals surface area contributed by atoms with Crippen molar-refractivity contribution in [1.29, 1.82) is 5.26 Å². The van der Waals surface area contributed by atoms with Crippen LogP contribution in [0.1, 0.15) is 11.1 Å². The van der Waals surface area contributed by atoms with Crippen LogP contribution in [0.15, 0.2) is 42.9 Å². The molecule has 0 aliphatic carbocycles. The maximum absolute atomic E-state index is 8.73. The number of rotatable bonds is 3. The van der Waals surface area contributed by atoms with E-state index in [-0.39, 0.29) is 0 Å². The Bertz CT molecular complexity index is 502. The third kappa shape index (κ3) is 2.55. The molecule has 0 saturated heterocycles. The molecule has 0 spiro atoms.